The minimum atomic E-state index is -1.06. The van der Waals surface area contributed by atoms with Crippen LogP contribution in [0.15, 0.2) is 99.6 Å². The van der Waals surface area contributed by atoms with Crippen LogP contribution in [0.2, 0.25) is 0 Å². The SMILES string of the molecule is COc1cc(N=Nc2c(Br)cc([N+](=O)[O-])cc2[N+](=O)[O-])c(NC(C)=O)cc1N(CC(O)COc1ccccc1)CC(O)COc1ccccc1. The van der Waals surface area contributed by atoms with Gasteiger partial charge in [-0.2, -0.15) is 0 Å². The Morgan fingerprint density at radius 3 is 1.92 bits per heavy atom. The number of nitrogens with one attached hydrogen (secondary N) is 1. The number of azo groups is 1. The van der Waals surface area contributed by atoms with Crippen molar-refractivity contribution in [3.05, 3.63) is 110 Å². The molecule has 17 heteroatoms. The van der Waals surface area contributed by atoms with Gasteiger partial charge in [-0.25, -0.2) is 0 Å². The number of carbonyl (C=O) groups is 1. The van der Waals surface area contributed by atoms with Gasteiger partial charge in [-0.05, 0) is 46.3 Å². The number of anilines is 2. The normalized spacial score (nSPS) is 12.2. The molecule has 0 heterocycles. The maximum atomic E-state index is 12.3. The zero-order chi connectivity index (χ0) is 36.2. The average molecular weight is 754 g/mol. The number of nitro groups is 2. The lowest BCUT2D eigenvalue weighted by atomic mass is 10.1. The molecule has 4 aromatic carbocycles. The molecule has 0 saturated heterocycles. The van der Waals surface area contributed by atoms with Crippen LogP contribution in [0, 0.1) is 20.2 Å². The van der Waals surface area contributed by atoms with Crippen LogP contribution in [-0.2, 0) is 4.79 Å². The van der Waals surface area contributed by atoms with Crippen molar-refractivity contribution < 1.29 is 39.1 Å². The Bertz CT molecular complexity index is 1780. The molecule has 2 unspecified atom stereocenters. The molecule has 16 nitrogen and oxygen atoms in total. The summed E-state index contributed by atoms with van der Waals surface area (Å²) in [5.41, 5.74) is -1.06. The summed E-state index contributed by atoms with van der Waals surface area (Å²) < 4.78 is 17.1. The van der Waals surface area contributed by atoms with Gasteiger partial charge in [-0.1, -0.05) is 36.4 Å². The number of ether oxygens (including phenoxy) is 3. The molecular formula is C33H33BrN6O10. The van der Waals surface area contributed by atoms with E-state index in [-0.39, 0.29) is 53.6 Å². The molecule has 262 valence electrons. The standard InChI is InChI=1S/C33H33BrN6O10/c1-21(41)35-28-15-30(32(48-2)16-29(28)36-37-33-27(34)13-22(39(44)45)14-31(33)40(46)47)38(17-23(42)19-49-25-9-5-3-6-10-25)18-24(43)20-50-26-11-7-4-8-12-26/h3-16,23-24,42-43H,17-20H2,1-2H3,(H,35,41). The van der Waals surface area contributed by atoms with Crippen molar-refractivity contribution in [1.29, 1.82) is 0 Å². The smallest absolute Gasteiger partial charge is 0.304 e. The first-order valence-electron chi connectivity index (χ1n) is 15.0. The van der Waals surface area contributed by atoms with E-state index in [0.717, 1.165) is 12.1 Å². The number of aliphatic hydroxyl groups is 2. The van der Waals surface area contributed by atoms with Crippen molar-refractivity contribution in [2.24, 2.45) is 10.2 Å². The van der Waals surface area contributed by atoms with E-state index < -0.39 is 39.3 Å². The number of hydrogen-bond acceptors (Lipinski definition) is 13. The lowest BCUT2D eigenvalue weighted by molar-refractivity contribution is -0.393. The number of rotatable bonds is 17. The Morgan fingerprint density at radius 2 is 1.44 bits per heavy atom. The van der Waals surface area contributed by atoms with Gasteiger partial charge in [0.1, 0.15) is 48.4 Å². The third-order valence-electron chi connectivity index (χ3n) is 6.88. The van der Waals surface area contributed by atoms with Crippen molar-refractivity contribution >= 4 is 56.0 Å². The number of halogens is 1. The molecule has 0 spiro atoms. The average Bonchev–Trinajstić information content (AvgIpc) is 3.09. The lowest BCUT2D eigenvalue weighted by Gasteiger charge is -2.31. The third kappa shape index (κ3) is 10.4. The van der Waals surface area contributed by atoms with Gasteiger partial charge >= 0.3 is 5.69 Å². The summed E-state index contributed by atoms with van der Waals surface area (Å²) in [7, 11) is 1.37. The van der Waals surface area contributed by atoms with E-state index in [4.69, 9.17) is 14.2 Å². The molecule has 4 rings (SSSR count). The van der Waals surface area contributed by atoms with Gasteiger partial charge in [-0.3, -0.25) is 25.0 Å². The number of nitro benzene ring substituents is 2. The lowest BCUT2D eigenvalue weighted by Crippen LogP contribution is -2.42. The summed E-state index contributed by atoms with van der Waals surface area (Å²) in [6, 6.07) is 22.5. The number of hydrogen-bond donors (Lipinski definition) is 3. The van der Waals surface area contributed by atoms with E-state index in [2.05, 4.69) is 31.5 Å². The first-order chi connectivity index (χ1) is 23.9. The molecule has 0 aliphatic carbocycles. The minimum absolute atomic E-state index is 0.0150. The van der Waals surface area contributed by atoms with Crippen molar-refractivity contribution in [1.82, 2.24) is 0 Å². The van der Waals surface area contributed by atoms with Gasteiger partial charge in [0.2, 0.25) is 5.91 Å². The van der Waals surface area contributed by atoms with Gasteiger partial charge < -0.3 is 34.6 Å². The van der Waals surface area contributed by atoms with Crippen LogP contribution in [0.5, 0.6) is 17.2 Å². The molecule has 4 aromatic rings. The Morgan fingerprint density at radius 1 is 0.880 bits per heavy atom. The second-order valence-corrected chi connectivity index (χ2v) is 11.5. The zero-order valence-corrected chi connectivity index (χ0v) is 28.4. The summed E-state index contributed by atoms with van der Waals surface area (Å²) in [6.07, 6.45) is -2.13. The van der Waals surface area contributed by atoms with Crippen molar-refractivity contribution in [2.45, 2.75) is 19.1 Å². The monoisotopic (exact) mass is 752 g/mol. The molecular weight excluding hydrogens is 720 g/mol. The molecule has 0 radical (unpaired) electrons. The molecule has 0 saturated carbocycles. The maximum Gasteiger partial charge on any atom is 0.304 e. The van der Waals surface area contributed by atoms with Gasteiger partial charge in [0.05, 0.1) is 38.9 Å². The second kappa shape index (κ2) is 17.7. The molecule has 50 heavy (non-hydrogen) atoms. The Labute approximate surface area is 294 Å². The van der Waals surface area contributed by atoms with Crippen LogP contribution in [0.4, 0.5) is 34.1 Å². The van der Waals surface area contributed by atoms with E-state index in [1.54, 1.807) is 53.4 Å². The topological polar surface area (TPSA) is 211 Å². The fourth-order valence-corrected chi connectivity index (χ4v) is 5.18. The highest BCUT2D eigenvalue weighted by Crippen LogP contribution is 2.43. The molecule has 0 aromatic heterocycles. The Hall–Kier alpha value is -5.65. The van der Waals surface area contributed by atoms with Gasteiger partial charge in [-0.15, -0.1) is 10.2 Å². The number of benzene rings is 4. The molecule has 0 bridgehead atoms. The van der Waals surface area contributed by atoms with Crippen LogP contribution in [0.25, 0.3) is 0 Å². The summed E-state index contributed by atoms with van der Waals surface area (Å²) in [4.78, 5) is 35.3. The number of methoxy groups -OCH3 is 1. The largest absolute Gasteiger partial charge is 0.494 e. The molecule has 3 N–H and O–H groups in total. The molecule has 0 aliphatic rings. The first kappa shape index (κ1) is 37.2. The number of non-ortho nitro benzene ring substituents is 1. The fourth-order valence-electron chi connectivity index (χ4n) is 4.66. The maximum absolute atomic E-state index is 12.3. The quantitative estimate of drug-likeness (QED) is 0.0616. The van der Waals surface area contributed by atoms with E-state index in [0.29, 0.717) is 17.2 Å². The molecule has 2 atom stereocenters. The molecule has 0 aliphatic heterocycles. The first-order valence-corrected chi connectivity index (χ1v) is 15.7. The van der Waals surface area contributed by atoms with E-state index in [1.807, 2.05) is 12.1 Å². The van der Waals surface area contributed by atoms with Crippen LogP contribution in [0.3, 0.4) is 0 Å². The van der Waals surface area contributed by atoms with Crippen LogP contribution < -0.4 is 24.4 Å². The number of carbonyl (C=O) groups excluding carboxylic acids is 1. The summed E-state index contributed by atoms with van der Waals surface area (Å²) in [5.74, 6) is 0.793. The Balaban J connectivity index is 1.71. The molecule has 0 fully saturated rings. The zero-order valence-electron chi connectivity index (χ0n) is 26.8. The second-order valence-electron chi connectivity index (χ2n) is 10.7. The van der Waals surface area contributed by atoms with Crippen LogP contribution >= 0.6 is 15.9 Å². The van der Waals surface area contributed by atoms with E-state index in [9.17, 15) is 35.2 Å². The van der Waals surface area contributed by atoms with Gasteiger partial charge in [0, 0.05) is 32.1 Å². The highest BCUT2D eigenvalue weighted by molar-refractivity contribution is 9.10. The number of amides is 1. The highest BCUT2D eigenvalue weighted by atomic mass is 79.9. The Kier molecular flexibility index (Phi) is 13.1. The van der Waals surface area contributed by atoms with E-state index >= 15 is 0 Å². The minimum Gasteiger partial charge on any atom is -0.494 e. The van der Waals surface area contributed by atoms with Gasteiger partial charge in [0.25, 0.3) is 5.69 Å². The van der Waals surface area contributed by atoms with Crippen molar-refractivity contribution in [2.75, 3.05) is 43.6 Å². The summed E-state index contributed by atoms with van der Waals surface area (Å²) in [6.45, 7) is 0.956. The third-order valence-corrected chi connectivity index (χ3v) is 7.48. The van der Waals surface area contributed by atoms with Crippen molar-refractivity contribution in [3.63, 3.8) is 0 Å². The number of para-hydroxylation sites is 2. The summed E-state index contributed by atoms with van der Waals surface area (Å²) in [5, 5.41) is 55.9. The fraction of sp³-hybridized carbons (Fsp3) is 0.242. The van der Waals surface area contributed by atoms with Crippen LogP contribution in [0.1, 0.15) is 6.92 Å². The predicted molar refractivity (Wildman–Crippen MR) is 187 cm³/mol. The highest BCUT2D eigenvalue weighted by Gasteiger charge is 2.25. The van der Waals surface area contributed by atoms with Crippen molar-refractivity contribution in [3.8, 4) is 17.2 Å². The molecule has 1 amide bonds. The summed E-state index contributed by atoms with van der Waals surface area (Å²) >= 11 is 3.10. The number of aliphatic hydroxyl groups excluding tert-OH is 2. The van der Waals surface area contributed by atoms with E-state index in [1.165, 1.54) is 26.2 Å². The van der Waals surface area contributed by atoms with Gasteiger partial charge in [0.15, 0.2) is 5.69 Å². The number of nitrogens with zero attached hydrogens (tertiary/aromatic N) is 5. The van der Waals surface area contributed by atoms with Crippen LogP contribution in [-0.4, -0.2) is 71.6 Å². The predicted octanol–water partition coefficient (Wildman–Crippen LogP) is 6.33.